The summed E-state index contributed by atoms with van der Waals surface area (Å²) in [5.41, 5.74) is 0.769. The topological polar surface area (TPSA) is 55.8 Å². The van der Waals surface area contributed by atoms with Crippen molar-refractivity contribution in [3.8, 4) is 11.5 Å². The fourth-order valence-electron chi connectivity index (χ4n) is 3.41. The first kappa shape index (κ1) is 19.3. The number of halogens is 1. The van der Waals surface area contributed by atoms with Gasteiger partial charge in [0.1, 0.15) is 0 Å². The highest BCUT2D eigenvalue weighted by Gasteiger charge is 2.36. The molecule has 0 atom stereocenters. The van der Waals surface area contributed by atoms with Crippen LogP contribution < -0.4 is 9.47 Å². The molecule has 5 nitrogen and oxygen atoms in total. The van der Waals surface area contributed by atoms with Crippen LogP contribution in [0.25, 0.3) is 6.08 Å². The van der Waals surface area contributed by atoms with E-state index in [0.717, 1.165) is 34.6 Å². The van der Waals surface area contributed by atoms with E-state index in [-0.39, 0.29) is 11.1 Å². The monoisotopic (exact) mass is 439 g/mol. The number of imide groups is 1. The summed E-state index contributed by atoms with van der Waals surface area (Å²) in [7, 11) is 3.13. The number of carbonyl (C=O) groups excluding carboxylic acids is 2. The number of amides is 2. The standard InChI is InChI=1S/C19H22BrNO4S/c1-24-15-8-13(14(20)10-16(15)25-2)9-17-18(22)21(19(23)26-17)11-12-6-4-3-5-7-12/h8-10,12H,3-7,11H2,1-2H3/b17-9+. The molecule has 2 aliphatic rings. The van der Waals surface area contributed by atoms with Crippen molar-refractivity contribution in [3.05, 3.63) is 27.1 Å². The zero-order chi connectivity index (χ0) is 18.7. The fraction of sp³-hybridized carbons (Fsp3) is 0.474. The highest BCUT2D eigenvalue weighted by Crippen LogP contribution is 2.38. The van der Waals surface area contributed by atoms with Crippen molar-refractivity contribution in [2.24, 2.45) is 5.92 Å². The summed E-state index contributed by atoms with van der Waals surface area (Å²) in [4.78, 5) is 26.9. The molecule has 2 amide bonds. The predicted molar refractivity (Wildman–Crippen MR) is 106 cm³/mol. The molecule has 26 heavy (non-hydrogen) atoms. The van der Waals surface area contributed by atoms with Crippen LogP contribution in [0, 0.1) is 5.92 Å². The Kier molecular flexibility index (Phi) is 6.29. The Balaban J connectivity index is 1.81. The van der Waals surface area contributed by atoms with E-state index in [0.29, 0.717) is 28.9 Å². The summed E-state index contributed by atoms with van der Waals surface area (Å²) in [6.45, 7) is 0.537. The van der Waals surface area contributed by atoms with Crippen LogP contribution in [-0.2, 0) is 4.79 Å². The van der Waals surface area contributed by atoms with E-state index >= 15 is 0 Å². The summed E-state index contributed by atoms with van der Waals surface area (Å²) in [6.07, 6.45) is 7.57. The molecule has 0 radical (unpaired) electrons. The Labute approximate surface area is 166 Å². The summed E-state index contributed by atoms with van der Waals surface area (Å²) in [5.74, 6) is 1.40. The first-order valence-corrected chi connectivity index (χ1v) is 10.3. The maximum absolute atomic E-state index is 12.7. The lowest BCUT2D eigenvalue weighted by Gasteiger charge is -2.25. The SMILES string of the molecule is COc1cc(Br)c(/C=C2/SC(=O)N(CC3CCCCC3)C2=O)cc1OC. The second-order valence-electron chi connectivity index (χ2n) is 6.53. The summed E-state index contributed by atoms with van der Waals surface area (Å²) >= 11 is 4.49. The van der Waals surface area contributed by atoms with Crippen LogP contribution in [0.2, 0.25) is 0 Å². The number of rotatable bonds is 5. The molecule has 0 aromatic heterocycles. The molecule has 0 spiro atoms. The summed E-state index contributed by atoms with van der Waals surface area (Å²) in [6, 6.07) is 3.58. The number of methoxy groups -OCH3 is 2. The molecule has 0 bridgehead atoms. The maximum atomic E-state index is 12.7. The zero-order valence-corrected chi connectivity index (χ0v) is 17.3. The van der Waals surface area contributed by atoms with E-state index in [2.05, 4.69) is 15.9 Å². The van der Waals surface area contributed by atoms with E-state index < -0.39 is 0 Å². The summed E-state index contributed by atoms with van der Waals surface area (Å²) < 4.78 is 11.4. The molecular formula is C19H22BrNO4S. The third-order valence-corrected chi connectivity index (χ3v) is 6.42. The molecule has 7 heteroatoms. The molecule has 1 aliphatic carbocycles. The van der Waals surface area contributed by atoms with E-state index in [9.17, 15) is 9.59 Å². The number of nitrogens with zero attached hydrogens (tertiary/aromatic N) is 1. The van der Waals surface area contributed by atoms with E-state index in [1.807, 2.05) is 0 Å². The Morgan fingerprint density at radius 2 is 1.81 bits per heavy atom. The van der Waals surface area contributed by atoms with Gasteiger partial charge in [-0.25, -0.2) is 0 Å². The molecule has 0 unspecified atom stereocenters. The van der Waals surface area contributed by atoms with Crippen LogP contribution in [0.5, 0.6) is 11.5 Å². The van der Waals surface area contributed by atoms with Crippen molar-refractivity contribution in [2.45, 2.75) is 32.1 Å². The third-order valence-electron chi connectivity index (χ3n) is 4.83. The van der Waals surface area contributed by atoms with Crippen molar-refractivity contribution in [2.75, 3.05) is 20.8 Å². The van der Waals surface area contributed by atoms with Crippen LogP contribution in [0.4, 0.5) is 4.79 Å². The average Bonchev–Trinajstić information content (AvgIpc) is 2.91. The van der Waals surface area contributed by atoms with Crippen LogP contribution in [0.1, 0.15) is 37.7 Å². The quantitative estimate of drug-likeness (QED) is 0.598. The highest BCUT2D eigenvalue weighted by atomic mass is 79.9. The fourth-order valence-corrected chi connectivity index (χ4v) is 4.68. The van der Waals surface area contributed by atoms with E-state index in [1.54, 1.807) is 32.4 Å². The van der Waals surface area contributed by atoms with Crippen molar-refractivity contribution >= 4 is 44.9 Å². The predicted octanol–water partition coefficient (Wildman–Crippen LogP) is 5.08. The van der Waals surface area contributed by atoms with Gasteiger partial charge in [-0.1, -0.05) is 35.2 Å². The van der Waals surface area contributed by atoms with Gasteiger partial charge in [0, 0.05) is 11.0 Å². The molecule has 0 N–H and O–H groups in total. The van der Waals surface area contributed by atoms with Crippen LogP contribution >= 0.6 is 27.7 Å². The second kappa shape index (κ2) is 8.48. The van der Waals surface area contributed by atoms with Gasteiger partial charge in [0.15, 0.2) is 11.5 Å². The van der Waals surface area contributed by atoms with Crippen LogP contribution in [0.15, 0.2) is 21.5 Å². The number of ether oxygens (including phenoxy) is 2. The lowest BCUT2D eigenvalue weighted by molar-refractivity contribution is -0.123. The molecule has 1 heterocycles. The van der Waals surface area contributed by atoms with Gasteiger partial charge in [0.25, 0.3) is 11.1 Å². The van der Waals surface area contributed by atoms with Crippen molar-refractivity contribution in [1.29, 1.82) is 0 Å². The van der Waals surface area contributed by atoms with Crippen molar-refractivity contribution in [1.82, 2.24) is 4.90 Å². The van der Waals surface area contributed by atoms with Gasteiger partial charge in [0.2, 0.25) is 0 Å². The van der Waals surface area contributed by atoms with Crippen LogP contribution in [0.3, 0.4) is 0 Å². The Hall–Kier alpha value is -1.47. The van der Waals surface area contributed by atoms with Gasteiger partial charge in [-0.05, 0) is 54.3 Å². The molecule has 2 fully saturated rings. The second-order valence-corrected chi connectivity index (χ2v) is 8.37. The number of hydrogen-bond donors (Lipinski definition) is 0. The summed E-state index contributed by atoms with van der Waals surface area (Å²) in [5, 5.41) is -0.177. The lowest BCUT2D eigenvalue weighted by Crippen LogP contribution is -2.34. The molecule has 1 saturated heterocycles. The van der Waals surface area contributed by atoms with Gasteiger partial charge in [-0.15, -0.1) is 0 Å². The van der Waals surface area contributed by atoms with Gasteiger partial charge < -0.3 is 9.47 Å². The van der Waals surface area contributed by atoms with Gasteiger partial charge in [-0.2, -0.15) is 0 Å². The normalized spacial score (nSPS) is 20.1. The largest absolute Gasteiger partial charge is 0.493 e. The van der Waals surface area contributed by atoms with Gasteiger partial charge >= 0.3 is 0 Å². The maximum Gasteiger partial charge on any atom is 0.293 e. The lowest BCUT2D eigenvalue weighted by atomic mass is 9.89. The molecule has 1 saturated carbocycles. The third kappa shape index (κ3) is 4.09. The minimum Gasteiger partial charge on any atom is -0.493 e. The minimum atomic E-state index is -0.202. The average molecular weight is 440 g/mol. The molecule has 1 aliphatic heterocycles. The Morgan fingerprint density at radius 1 is 1.15 bits per heavy atom. The number of benzene rings is 1. The smallest absolute Gasteiger partial charge is 0.293 e. The van der Waals surface area contributed by atoms with Gasteiger partial charge in [0.05, 0.1) is 19.1 Å². The number of hydrogen-bond acceptors (Lipinski definition) is 5. The zero-order valence-electron chi connectivity index (χ0n) is 14.9. The Morgan fingerprint density at radius 3 is 2.46 bits per heavy atom. The van der Waals surface area contributed by atoms with Crippen molar-refractivity contribution in [3.63, 3.8) is 0 Å². The molecular weight excluding hydrogens is 418 g/mol. The first-order chi connectivity index (χ1) is 12.5. The van der Waals surface area contributed by atoms with E-state index in [4.69, 9.17) is 9.47 Å². The number of thioether (sulfide) groups is 1. The first-order valence-electron chi connectivity index (χ1n) is 8.70. The van der Waals surface area contributed by atoms with Crippen LogP contribution in [-0.4, -0.2) is 36.8 Å². The number of carbonyl (C=O) groups is 2. The molecule has 1 aromatic carbocycles. The highest BCUT2D eigenvalue weighted by molar-refractivity contribution is 9.10. The van der Waals surface area contributed by atoms with E-state index in [1.165, 1.54) is 24.2 Å². The minimum absolute atomic E-state index is 0.177. The molecule has 3 rings (SSSR count). The van der Waals surface area contributed by atoms with Crippen molar-refractivity contribution < 1.29 is 19.1 Å². The Bertz CT molecular complexity index is 743. The van der Waals surface area contributed by atoms with Gasteiger partial charge in [-0.3, -0.25) is 14.5 Å². The molecule has 140 valence electrons. The molecule has 1 aromatic rings.